The van der Waals surface area contributed by atoms with Crippen LogP contribution in [0.2, 0.25) is 0 Å². The van der Waals surface area contributed by atoms with E-state index in [4.69, 9.17) is 5.11 Å². The predicted molar refractivity (Wildman–Crippen MR) is 67.4 cm³/mol. The summed E-state index contributed by atoms with van der Waals surface area (Å²) < 4.78 is 0. The third-order valence-corrected chi connectivity index (χ3v) is 4.08. The zero-order valence-electron chi connectivity index (χ0n) is 11.0. The molecule has 0 aromatic carbocycles. The number of rotatable bonds is 2. The number of carbonyl (C=O) groups excluding carboxylic acids is 1. The molecule has 0 bridgehead atoms. The number of hydrogen-bond acceptors (Lipinski definition) is 2. The summed E-state index contributed by atoms with van der Waals surface area (Å²) >= 11 is 0. The molecule has 5 nitrogen and oxygen atoms in total. The van der Waals surface area contributed by atoms with Gasteiger partial charge in [0, 0.05) is 25.2 Å². The second-order valence-electron chi connectivity index (χ2n) is 5.41. The molecule has 2 amide bonds. The van der Waals surface area contributed by atoms with Crippen LogP contribution in [-0.4, -0.2) is 52.1 Å². The highest BCUT2D eigenvalue weighted by atomic mass is 16.4. The Balaban J connectivity index is 2.00. The van der Waals surface area contributed by atoms with Gasteiger partial charge in [0.1, 0.15) is 0 Å². The third kappa shape index (κ3) is 2.76. The van der Waals surface area contributed by atoms with Crippen molar-refractivity contribution in [1.29, 1.82) is 0 Å². The van der Waals surface area contributed by atoms with Gasteiger partial charge in [0.15, 0.2) is 0 Å². The highest BCUT2D eigenvalue weighted by Crippen LogP contribution is 2.25. The van der Waals surface area contributed by atoms with E-state index in [2.05, 4.69) is 6.92 Å². The lowest BCUT2D eigenvalue weighted by Crippen LogP contribution is -2.51. The highest BCUT2D eigenvalue weighted by molar-refractivity contribution is 5.77. The van der Waals surface area contributed by atoms with E-state index in [9.17, 15) is 9.59 Å². The van der Waals surface area contributed by atoms with Crippen LogP contribution in [0.3, 0.4) is 0 Å². The van der Waals surface area contributed by atoms with Crippen LogP contribution in [0.25, 0.3) is 0 Å². The summed E-state index contributed by atoms with van der Waals surface area (Å²) in [6.07, 6.45) is 5.13. The maximum atomic E-state index is 12.5. The first-order chi connectivity index (χ1) is 8.59. The van der Waals surface area contributed by atoms with Gasteiger partial charge in [-0.05, 0) is 39.0 Å². The molecule has 102 valence electrons. The number of amides is 2. The summed E-state index contributed by atoms with van der Waals surface area (Å²) in [5.41, 5.74) is 0. The molecule has 2 rings (SSSR count). The fourth-order valence-corrected chi connectivity index (χ4v) is 3.05. The standard InChI is InChI=1S/C13H22N2O3/c1-10-5-2-3-7-14(10)13(18)15-8-4-6-11(15)9-12(16)17/h10-11H,2-9H2,1H3,(H,16,17). The maximum Gasteiger partial charge on any atom is 0.320 e. The van der Waals surface area contributed by atoms with Crippen LogP contribution in [-0.2, 0) is 4.79 Å². The van der Waals surface area contributed by atoms with E-state index in [-0.39, 0.29) is 24.5 Å². The minimum Gasteiger partial charge on any atom is -0.481 e. The van der Waals surface area contributed by atoms with Crippen LogP contribution in [0.5, 0.6) is 0 Å². The number of piperidine rings is 1. The molecule has 1 N–H and O–H groups in total. The molecule has 2 unspecified atom stereocenters. The lowest BCUT2D eigenvalue weighted by Gasteiger charge is -2.37. The van der Waals surface area contributed by atoms with Crippen LogP contribution in [0.4, 0.5) is 4.79 Å². The lowest BCUT2D eigenvalue weighted by atomic mass is 10.0. The van der Waals surface area contributed by atoms with Gasteiger partial charge in [0.25, 0.3) is 0 Å². The van der Waals surface area contributed by atoms with Gasteiger partial charge < -0.3 is 14.9 Å². The molecule has 2 fully saturated rings. The molecule has 2 heterocycles. The second-order valence-corrected chi connectivity index (χ2v) is 5.41. The summed E-state index contributed by atoms with van der Waals surface area (Å²) in [6, 6.07) is 0.229. The van der Waals surface area contributed by atoms with E-state index in [1.807, 2.05) is 4.90 Å². The molecule has 0 aromatic heterocycles. The molecular formula is C13H22N2O3. The van der Waals surface area contributed by atoms with Crippen LogP contribution >= 0.6 is 0 Å². The number of nitrogens with zero attached hydrogens (tertiary/aromatic N) is 2. The molecule has 5 heteroatoms. The first kappa shape index (κ1) is 13.2. The van der Waals surface area contributed by atoms with Crippen molar-refractivity contribution in [3.8, 4) is 0 Å². The Kier molecular flexibility index (Phi) is 4.09. The van der Waals surface area contributed by atoms with Gasteiger partial charge in [-0.2, -0.15) is 0 Å². The number of aliphatic carboxylic acids is 1. The van der Waals surface area contributed by atoms with Crippen LogP contribution < -0.4 is 0 Å². The van der Waals surface area contributed by atoms with Crippen LogP contribution in [0.15, 0.2) is 0 Å². The highest BCUT2D eigenvalue weighted by Gasteiger charge is 2.35. The number of carbonyl (C=O) groups is 2. The first-order valence-electron chi connectivity index (χ1n) is 6.88. The average Bonchev–Trinajstić information content (AvgIpc) is 2.76. The van der Waals surface area contributed by atoms with E-state index in [0.29, 0.717) is 6.54 Å². The molecule has 0 spiro atoms. The summed E-state index contributed by atoms with van der Waals surface area (Å²) in [7, 11) is 0. The van der Waals surface area contributed by atoms with Crippen molar-refractivity contribution in [3.63, 3.8) is 0 Å². The molecule has 0 aromatic rings. The summed E-state index contributed by atoms with van der Waals surface area (Å²) in [5, 5.41) is 8.88. The summed E-state index contributed by atoms with van der Waals surface area (Å²) in [5.74, 6) is -0.814. The number of hydrogen-bond donors (Lipinski definition) is 1. The molecule has 2 aliphatic rings. The number of likely N-dealkylation sites (tertiary alicyclic amines) is 2. The fourth-order valence-electron chi connectivity index (χ4n) is 3.05. The predicted octanol–water partition coefficient (Wildman–Crippen LogP) is 1.92. The molecule has 2 aliphatic heterocycles. The normalized spacial score (nSPS) is 28.5. The average molecular weight is 254 g/mol. The Morgan fingerprint density at radius 2 is 1.83 bits per heavy atom. The van der Waals surface area contributed by atoms with E-state index in [0.717, 1.165) is 32.2 Å². The maximum absolute atomic E-state index is 12.5. The zero-order chi connectivity index (χ0) is 13.1. The largest absolute Gasteiger partial charge is 0.481 e. The second kappa shape index (κ2) is 5.59. The molecule has 0 radical (unpaired) electrons. The van der Waals surface area contributed by atoms with E-state index in [1.54, 1.807) is 4.90 Å². The van der Waals surface area contributed by atoms with E-state index in [1.165, 1.54) is 6.42 Å². The molecule has 2 atom stereocenters. The Morgan fingerprint density at radius 1 is 1.11 bits per heavy atom. The van der Waals surface area contributed by atoms with E-state index >= 15 is 0 Å². The van der Waals surface area contributed by atoms with Crippen molar-refractivity contribution in [2.24, 2.45) is 0 Å². The van der Waals surface area contributed by atoms with Crippen LogP contribution in [0, 0.1) is 0 Å². The number of urea groups is 1. The van der Waals surface area contributed by atoms with Gasteiger partial charge >= 0.3 is 12.0 Å². The lowest BCUT2D eigenvalue weighted by molar-refractivity contribution is -0.138. The fraction of sp³-hybridized carbons (Fsp3) is 0.846. The first-order valence-corrected chi connectivity index (χ1v) is 6.88. The smallest absolute Gasteiger partial charge is 0.320 e. The number of carboxylic acids is 1. The SMILES string of the molecule is CC1CCCCN1C(=O)N1CCCC1CC(=O)O. The minimum atomic E-state index is -0.814. The third-order valence-electron chi connectivity index (χ3n) is 4.08. The molecule has 0 aliphatic carbocycles. The Morgan fingerprint density at radius 3 is 2.50 bits per heavy atom. The summed E-state index contributed by atoms with van der Waals surface area (Å²) in [4.78, 5) is 27.0. The molecule has 0 saturated carbocycles. The summed E-state index contributed by atoms with van der Waals surface area (Å²) in [6.45, 7) is 3.61. The van der Waals surface area contributed by atoms with Crippen LogP contribution in [0.1, 0.15) is 45.4 Å². The van der Waals surface area contributed by atoms with Crippen molar-refractivity contribution in [1.82, 2.24) is 9.80 Å². The van der Waals surface area contributed by atoms with Gasteiger partial charge in [0.05, 0.1) is 6.42 Å². The molecule has 18 heavy (non-hydrogen) atoms. The monoisotopic (exact) mass is 254 g/mol. The Bertz CT molecular complexity index is 332. The van der Waals surface area contributed by atoms with Gasteiger partial charge in [-0.25, -0.2) is 4.79 Å². The van der Waals surface area contributed by atoms with Gasteiger partial charge in [-0.1, -0.05) is 0 Å². The Labute approximate surface area is 108 Å². The van der Waals surface area contributed by atoms with Crippen molar-refractivity contribution < 1.29 is 14.7 Å². The zero-order valence-corrected chi connectivity index (χ0v) is 11.0. The Hall–Kier alpha value is -1.26. The van der Waals surface area contributed by atoms with Crippen molar-refractivity contribution in [2.45, 2.75) is 57.5 Å². The molecular weight excluding hydrogens is 232 g/mol. The number of carboxylic acid groups (broad SMARTS) is 1. The van der Waals surface area contributed by atoms with Gasteiger partial charge in [-0.15, -0.1) is 0 Å². The topological polar surface area (TPSA) is 60.9 Å². The van der Waals surface area contributed by atoms with Gasteiger partial charge in [-0.3, -0.25) is 4.79 Å². The quantitative estimate of drug-likeness (QED) is 0.819. The van der Waals surface area contributed by atoms with Crippen molar-refractivity contribution >= 4 is 12.0 Å². The minimum absolute atomic E-state index is 0.0472. The van der Waals surface area contributed by atoms with E-state index < -0.39 is 5.97 Å². The van der Waals surface area contributed by atoms with Gasteiger partial charge in [0.2, 0.25) is 0 Å². The van der Waals surface area contributed by atoms with Crippen molar-refractivity contribution in [3.05, 3.63) is 0 Å². The molecule has 2 saturated heterocycles. The van der Waals surface area contributed by atoms with Crippen molar-refractivity contribution in [2.75, 3.05) is 13.1 Å².